The molecule has 8 heteroatoms. The summed E-state index contributed by atoms with van der Waals surface area (Å²) in [5, 5.41) is 0. The zero-order valence-corrected chi connectivity index (χ0v) is 12.5. The molecule has 0 N–H and O–H groups in total. The average Bonchev–Trinajstić information content (AvgIpc) is 2.71. The Morgan fingerprint density at radius 2 is 2.21 bits per heavy atom. The lowest BCUT2D eigenvalue weighted by atomic mass is 10.0. The Bertz CT molecular complexity index is 552. The molecule has 1 aromatic heterocycles. The van der Waals surface area contributed by atoms with Gasteiger partial charge in [-0.05, 0) is 0 Å². The summed E-state index contributed by atoms with van der Waals surface area (Å²) in [6.07, 6.45) is 1.72. The topological polar surface area (TPSA) is 67.7 Å². The van der Waals surface area contributed by atoms with Crippen molar-refractivity contribution in [2.24, 2.45) is 7.05 Å². The zero-order valence-electron chi connectivity index (χ0n) is 11.7. The zero-order chi connectivity index (χ0) is 14.2. The predicted octanol–water partition coefficient (Wildman–Crippen LogP) is -0.228. The number of aromatic nitrogens is 2. The van der Waals surface area contributed by atoms with Crippen LogP contribution in [0.5, 0.6) is 0 Å². The lowest BCUT2D eigenvalue weighted by Gasteiger charge is -2.33. The molecule has 2 rings (SSSR count). The van der Waals surface area contributed by atoms with Gasteiger partial charge in [0.25, 0.3) is 10.2 Å². The van der Waals surface area contributed by atoms with Crippen molar-refractivity contribution in [2.45, 2.75) is 12.5 Å². The molecule has 2 heterocycles. The summed E-state index contributed by atoms with van der Waals surface area (Å²) >= 11 is 0. The summed E-state index contributed by atoms with van der Waals surface area (Å²) in [5.41, 5.74) is 1.87. The fourth-order valence-electron chi connectivity index (χ4n) is 2.44. The van der Waals surface area contributed by atoms with Crippen LogP contribution in [0.1, 0.15) is 17.3 Å². The van der Waals surface area contributed by atoms with Crippen LogP contribution in [0.2, 0.25) is 0 Å². The first kappa shape index (κ1) is 14.4. The van der Waals surface area contributed by atoms with Crippen LogP contribution in [0, 0.1) is 0 Å². The Hall–Kier alpha value is -0.960. The third-order valence-corrected chi connectivity index (χ3v) is 5.21. The molecular formula is C11H20N4O3S. The quantitative estimate of drug-likeness (QED) is 0.768. The maximum Gasteiger partial charge on any atom is 0.281 e. The first-order valence-corrected chi connectivity index (χ1v) is 7.44. The summed E-state index contributed by atoms with van der Waals surface area (Å²) in [6, 6.07) is 0. The van der Waals surface area contributed by atoms with Gasteiger partial charge in [-0.3, -0.25) is 0 Å². The van der Waals surface area contributed by atoms with Crippen molar-refractivity contribution >= 4 is 10.2 Å². The van der Waals surface area contributed by atoms with E-state index in [2.05, 4.69) is 4.98 Å². The van der Waals surface area contributed by atoms with E-state index in [1.165, 1.54) is 22.7 Å². The monoisotopic (exact) mass is 288 g/mol. The lowest BCUT2D eigenvalue weighted by Crippen LogP contribution is -2.45. The van der Waals surface area contributed by atoms with E-state index in [4.69, 9.17) is 4.74 Å². The van der Waals surface area contributed by atoms with Crippen molar-refractivity contribution in [3.8, 4) is 0 Å². The van der Waals surface area contributed by atoms with E-state index in [1.807, 2.05) is 11.6 Å². The fraction of sp³-hybridized carbons (Fsp3) is 0.727. The molecule has 1 aliphatic heterocycles. The second-order valence-corrected chi connectivity index (χ2v) is 7.06. The summed E-state index contributed by atoms with van der Waals surface area (Å²) in [5.74, 6) is 0.0102. The van der Waals surface area contributed by atoms with E-state index >= 15 is 0 Å². The van der Waals surface area contributed by atoms with E-state index in [1.54, 1.807) is 13.4 Å². The summed E-state index contributed by atoms with van der Waals surface area (Å²) < 4.78 is 34.3. The minimum atomic E-state index is -3.42. The van der Waals surface area contributed by atoms with Crippen molar-refractivity contribution in [1.29, 1.82) is 0 Å². The van der Waals surface area contributed by atoms with E-state index in [-0.39, 0.29) is 5.92 Å². The molecule has 0 spiro atoms. The highest BCUT2D eigenvalue weighted by Gasteiger charge is 2.35. The molecule has 0 aliphatic carbocycles. The molecule has 1 atom stereocenters. The van der Waals surface area contributed by atoms with Crippen molar-refractivity contribution in [3.63, 3.8) is 0 Å². The van der Waals surface area contributed by atoms with E-state index in [0.29, 0.717) is 19.7 Å². The van der Waals surface area contributed by atoms with Crippen molar-refractivity contribution in [3.05, 3.63) is 17.7 Å². The number of methoxy groups -OCH3 is 1. The Labute approximate surface area is 114 Å². The van der Waals surface area contributed by atoms with Crippen LogP contribution in [0.15, 0.2) is 6.33 Å². The number of aryl methyl sites for hydroxylation is 1. The highest BCUT2D eigenvalue weighted by molar-refractivity contribution is 7.86. The molecule has 108 valence electrons. The van der Waals surface area contributed by atoms with Crippen molar-refractivity contribution in [2.75, 3.05) is 34.4 Å². The highest BCUT2D eigenvalue weighted by Crippen LogP contribution is 2.29. The van der Waals surface area contributed by atoms with Crippen LogP contribution in [0.25, 0.3) is 0 Å². The van der Waals surface area contributed by atoms with Crippen molar-refractivity contribution < 1.29 is 13.2 Å². The summed E-state index contributed by atoms with van der Waals surface area (Å²) in [4.78, 5) is 4.29. The molecule has 0 radical (unpaired) electrons. The third kappa shape index (κ3) is 2.53. The normalized spacial score (nSPS) is 20.8. The fourth-order valence-corrected chi connectivity index (χ4v) is 3.55. The largest absolute Gasteiger partial charge is 0.384 e. The molecule has 1 aliphatic rings. The molecule has 7 nitrogen and oxygen atoms in total. The Morgan fingerprint density at radius 1 is 1.53 bits per heavy atom. The van der Waals surface area contributed by atoms with Gasteiger partial charge in [-0.1, -0.05) is 0 Å². The minimum Gasteiger partial charge on any atom is -0.384 e. The standard InChI is InChI=1S/C11H20N4O3S/c1-13(2)19(16,17)15-5-9(7-18-4)11-10(6-15)12-8-14(11)3/h8-9H,5-7H2,1-4H3/t9-/m0/s1. The van der Waals surface area contributed by atoms with Crippen LogP contribution >= 0.6 is 0 Å². The molecule has 0 amide bonds. The molecule has 19 heavy (non-hydrogen) atoms. The summed E-state index contributed by atoms with van der Waals surface area (Å²) in [6.45, 7) is 1.21. The third-order valence-electron chi connectivity index (χ3n) is 3.35. The molecular weight excluding hydrogens is 268 g/mol. The van der Waals surface area contributed by atoms with Gasteiger partial charge in [-0.25, -0.2) is 4.98 Å². The molecule has 0 saturated heterocycles. The summed E-state index contributed by atoms with van der Waals surface area (Å²) in [7, 11) is 3.19. The maximum absolute atomic E-state index is 12.2. The van der Waals surface area contributed by atoms with Crippen LogP contribution in [0.3, 0.4) is 0 Å². The van der Waals surface area contributed by atoms with Gasteiger partial charge in [0.2, 0.25) is 0 Å². The molecule has 1 aromatic rings. The first-order valence-electron chi connectivity index (χ1n) is 6.04. The van der Waals surface area contributed by atoms with Gasteiger partial charge in [0, 0.05) is 46.4 Å². The van der Waals surface area contributed by atoms with Gasteiger partial charge in [0.15, 0.2) is 0 Å². The molecule has 0 fully saturated rings. The van der Waals surface area contributed by atoms with Gasteiger partial charge < -0.3 is 9.30 Å². The van der Waals surface area contributed by atoms with Gasteiger partial charge in [0.1, 0.15) is 0 Å². The maximum atomic E-state index is 12.2. The van der Waals surface area contributed by atoms with Gasteiger partial charge in [-0.15, -0.1) is 0 Å². The molecule has 0 aromatic carbocycles. The van der Waals surface area contributed by atoms with Crippen LogP contribution in [-0.2, 0) is 28.5 Å². The number of hydrogen-bond donors (Lipinski definition) is 0. The van der Waals surface area contributed by atoms with Crippen LogP contribution in [0.4, 0.5) is 0 Å². The average molecular weight is 288 g/mol. The second-order valence-electron chi connectivity index (χ2n) is 4.92. The smallest absolute Gasteiger partial charge is 0.281 e. The first-order chi connectivity index (χ1) is 8.87. The molecule has 0 saturated carbocycles. The number of imidazole rings is 1. The molecule has 0 unspecified atom stereocenters. The number of fused-ring (bicyclic) bond motifs is 1. The van der Waals surface area contributed by atoms with E-state index in [9.17, 15) is 8.42 Å². The number of hydrogen-bond acceptors (Lipinski definition) is 4. The van der Waals surface area contributed by atoms with Crippen molar-refractivity contribution in [1.82, 2.24) is 18.2 Å². The number of ether oxygens (including phenoxy) is 1. The van der Waals surface area contributed by atoms with E-state index < -0.39 is 10.2 Å². The number of rotatable bonds is 4. The van der Waals surface area contributed by atoms with Gasteiger partial charge in [-0.2, -0.15) is 17.0 Å². The Morgan fingerprint density at radius 3 is 2.79 bits per heavy atom. The Balaban J connectivity index is 2.36. The lowest BCUT2D eigenvalue weighted by molar-refractivity contribution is 0.158. The Kier molecular flexibility index (Phi) is 3.95. The highest BCUT2D eigenvalue weighted by atomic mass is 32.2. The predicted molar refractivity (Wildman–Crippen MR) is 70.8 cm³/mol. The van der Waals surface area contributed by atoms with Gasteiger partial charge >= 0.3 is 0 Å². The number of nitrogens with zero attached hydrogens (tertiary/aromatic N) is 4. The van der Waals surface area contributed by atoms with Crippen LogP contribution < -0.4 is 0 Å². The minimum absolute atomic E-state index is 0.0102. The van der Waals surface area contributed by atoms with Gasteiger partial charge in [0.05, 0.1) is 25.2 Å². The van der Waals surface area contributed by atoms with E-state index in [0.717, 1.165) is 11.4 Å². The SMILES string of the molecule is COC[C@@H]1CN(S(=O)(=O)N(C)C)Cc2ncn(C)c21. The molecule has 0 bridgehead atoms. The van der Waals surface area contributed by atoms with Crippen LogP contribution in [-0.4, -0.2) is 60.9 Å². The second kappa shape index (κ2) is 5.20.